The smallest absolute Gasteiger partial charge is 0.0416 e. The van der Waals surface area contributed by atoms with Crippen molar-refractivity contribution in [3.05, 3.63) is 29.3 Å². The summed E-state index contributed by atoms with van der Waals surface area (Å²) in [5.74, 6) is 0. The van der Waals surface area contributed by atoms with E-state index >= 15 is 0 Å². The van der Waals surface area contributed by atoms with Crippen molar-refractivity contribution < 1.29 is 0 Å². The van der Waals surface area contributed by atoms with Crippen molar-refractivity contribution in [1.82, 2.24) is 5.32 Å². The van der Waals surface area contributed by atoms with Gasteiger partial charge in [-0.1, -0.05) is 31.5 Å². The lowest BCUT2D eigenvalue weighted by atomic mass is 9.99. The van der Waals surface area contributed by atoms with Crippen LogP contribution in [0.25, 0.3) is 0 Å². The van der Waals surface area contributed by atoms with Crippen LogP contribution in [0.15, 0.2) is 18.2 Å². The van der Waals surface area contributed by atoms with Crippen LogP contribution in [0.1, 0.15) is 51.7 Å². The molecule has 19 heavy (non-hydrogen) atoms. The standard InChI is InChI=1S/C17H28N2/c1-13(2)18-12-15-11-14(3)7-8-16(15)19-10-6-9-17(19,4)5/h7-8,11,13,18H,6,9-10,12H2,1-5H3. The SMILES string of the molecule is Cc1ccc(N2CCCC2(C)C)c(CNC(C)C)c1. The molecule has 2 nitrogen and oxygen atoms in total. The highest BCUT2D eigenvalue weighted by Gasteiger charge is 2.32. The number of hydrogen-bond donors (Lipinski definition) is 1. The number of rotatable bonds is 4. The molecular weight excluding hydrogens is 232 g/mol. The summed E-state index contributed by atoms with van der Waals surface area (Å²) in [6.45, 7) is 13.5. The monoisotopic (exact) mass is 260 g/mol. The van der Waals surface area contributed by atoms with Crippen LogP contribution >= 0.6 is 0 Å². The van der Waals surface area contributed by atoms with Gasteiger partial charge in [0.1, 0.15) is 0 Å². The second-order valence-corrected chi connectivity index (χ2v) is 6.74. The van der Waals surface area contributed by atoms with E-state index in [4.69, 9.17) is 0 Å². The van der Waals surface area contributed by atoms with Crippen molar-refractivity contribution >= 4 is 5.69 Å². The van der Waals surface area contributed by atoms with Crippen molar-refractivity contribution in [2.75, 3.05) is 11.4 Å². The molecular formula is C17H28N2. The Bertz CT molecular complexity index is 435. The van der Waals surface area contributed by atoms with E-state index in [0.717, 1.165) is 6.54 Å². The van der Waals surface area contributed by atoms with E-state index in [9.17, 15) is 0 Å². The molecule has 1 aliphatic heterocycles. The van der Waals surface area contributed by atoms with E-state index in [1.54, 1.807) is 0 Å². The van der Waals surface area contributed by atoms with Gasteiger partial charge in [-0.25, -0.2) is 0 Å². The first-order chi connectivity index (χ1) is 8.90. The molecule has 0 spiro atoms. The van der Waals surface area contributed by atoms with E-state index < -0.39 is 0 Å². The Kier molecular flexibility index (Phi) is 4.19. The number of nitrogens with one attached hydrogen (secondary N) is 1. The highest BCUT2D eigenvalue weighted by molar-refractivity contribution is 5.57. The molecule has 1 aromatic rings. The fourth-order valence-corrected chi connectivity index (χ4v) is 2.99. The summed E-state index contributed by atoms with van der Waals surface area (Å²) in [6.07, 6.45) is 2.59. The highest BCUT2D eigenvalue weighted by Crippen LogP contribution is 2.35. The van der Waals surface area contributed by atoms with Crippen LogP contribution in [0.5, 0.6) is 0 Å². The van der Waals surface area contributed by atoms with E-state index in [-0.39, 0.29) is 0 Å². The summed E-state index contributed by atoms with van der Waals surface area (Å²) in [5, 5.41) is 3.55. The maximum atomic E-state index is 3.55. The van der Waals surface area contributed by atoms with E-state index in [2.05, 4.69) is 63.0 Å². The van der Waals surface area contributed by atoms with E-state index in [1.165, 1.54) is 36.2 Å². The summed E-state index contributed by atoms with van der Waals surface area (Å²) in [5.41, 5.74) is 4.49. The highest BCUT2D eigenvalue weighted by atomic mass is 15.2. The summed E-state index contributed by atoms with van der Waals surface area (Å²) in [4.78, 5) is 2.59. The summed E-state index contributed by atoms with van der Waals surface area (Å²) in [7, 11) is 0. The lowest BCUT2D eigenvalue weighted by Crippen LogP contribution is -2.39. The molecule has 0 radical (unpaired) electrons. The van der Waals surface area contributed by atoms with Crippen LogP contribution in [-0.2, 0) is 6.54 Å². The van der Waals surface area contributed by atoms with Gasteiger partial charge in [-0.2, -0.15) is 0 Å². The normalized spacial score (nSPS) is 18.3. The van der Waals surface area contributed by atoms with Gasteiger partial charge in [0.05, 0.1) is 0 Å². The summed E-state index contributed by atoms with van der Waals surface area (Å²) in [6, 6.07) is 7.40. The van der Waals surface area contributed by atoms with Gasteiger partial charge in [-0.3, -0.25) is 0 Å². The molecule has 1 aromatic carbocycles. The third-order valence-electron chi connectivity index (χ3n) is 4.13. The zero-order valence-electron chi connectivity index (χ0n) is 13.1. The first-order valence-electron chi connectivity index (χ1n) is 7.51. The molecule has 0 amide bonds. The Morgan fingerprint density at radius 2 is 2.05 bits per heavy atom. The molecule has 1 N–H and O–H groups in total. The zero-order chi connectivity index (χ0) is 14.0. The predicted octanol–water partition coefficient (Wildman–Crippen LogP) is 3.87. The van der Waals surface area contributed by atoms with Gasteiger partial charge in [0.15, 0.2) is 0 Å². The maximum Gasteiger partial charge on any atom is 0.0416 e. The number of benzene rings is 1. The molecule has 2 heteroatoms. The molecule has 106 valence electrons. The maximum absolute atomic E-state index is 3.55. The minimum absolute atomic E-state index is 0.293. The van der Waals surface area contributed by atoms with Gasteiger partial charge >= 0.3 is 0 Å². The molecule has 0 unspecified atom stereocenters. The molecule has 0 saturated carbocycles. The van der Waals surface area contributed by atoms with Gasteiger partial charge in [-0.15, -0.1) is 0 Å². The van der Waals surface area contributed by atoms with Crippen LogP contribution in [-0.4, -0.2) is 18.1 Å². The van der Waals surface area contributed by atoms with Gasteiger partial charge in [0, 0.05) is 30.4 Å². The minimum Gasteiger partial charge on any atom is -0.366 e. The second kappa shape index (κ2) is 5.54. The van der Waals surface area contributed by atoms with Crippen LogP contribution in [0.2, 0.25) is 0 Å². The van der Waals surface area contributed by atoms with Crippen molar-refractivity contribution in [3.63, 3.8) is 0 Å². The average molecular weight is 260 g/mol. The van der Waals surface area contributed by atoms with E-state index in [0.29, 0.717) is 11.6 Å². The first-order valence-corrected chi connectivity index (χ1v) is 7.51. The van der Waals surface area contributed by atoms with Gasteiger partial charge in [-0.05, 0) is 45.2 Å². The molecule has 1 aliphatic rings. The van der Waals surface area contributed by atoms with Crippen LogP contribution < -0.4 is 10.2 Å². The van der Waals surface area contributed by atoms with E-state index in [1.807, 2.05) is 0 Å². The Morgan fingerprint density at radius 3 is 2.63 bits per heavy atom. The average Bonchev–Trinajstić information content (AvgIpc) is 2.66. The molecule has 1 saturated heterocycles. The second-order valence-electron chi connectivity index (χ2n) is 6.74. The molecule has 1 fully saturated rings. The molecule has 2 rings (SSSR count). The van der Waals surface area contributed by atoms with Gasteiger partial charge in [0.2, 0.25) is 0 Å². The molecule has 0 aromatic heterocycles. The largest absolute Gasteiger partial charge is 0.366 e. The third kappa shape index (κ3) is 3.30. The third-order valence-corrected chi connectivity index (χ3v) is 4.13. The van der Waals surface area contributed by atoms with Crippen molar-refractivity contribution in [3.8, 4) is 0 Å². The summed E-state index contributed by atoms with van der Waals surface area (Å²) >= 11 is 0. The molecule has 0 aliphatic carbocycles. The quantitative estimate of drug-likeness (QED) is 0.884. The van der Waals surface area contributed by atoms with Gasteiger partial charge < -0.3 is 10.2 Å². The minimum atomic E-state index is 0.293. The Hall–Kier alpha value is -1.02. The van der Waals surface area contributed by atoms with Crippen LogP contribution in [0, 0.1) is 6.92 Å². The number of hydrogen-bond acceptors (Lipinski definition) is 2. The zero-order valence-corrected chi connectivity index (χ0v) is 13.1. The van der Waals surface area contributed by atoms with Crippen molar-refractivity contribution in [2.24, 2.45) is 0 Å². The number of aryl methyl sites for hydroxylation is 1. The lowest BCUT2D eigenvalue weighted by molar-refractivity contribution is 0.514. The number of nitrogens with zero attached hydrogens (tertiary/aromatic N) is 1. The van der Waals surface area contributed by atoms with Crippen LogP contribution in [0.3, 0.4) is 0 Å². The fourth-order valence-electron chi connectivity index (χ4n) is 2.99. The Balaban J connectivity index is 2.28. The lowest BCUT2D eigenvalue weighted by Gasteiger charge is -2.35. The van der Waals surface area contributed by atoms with Crippen LogP contribution in [0.4, 0.5) is 5.69 Å². The fraction of sp³-hybridized carbons (Fsp3) is 0.647. The summed E-state index contributed by atoms with van der Waals surface area (Å²) < 4.78 is 0. The molecule has 0 bridgehead atoms. The first kappa shape index (κ1) is 14.4. The molecule has 0 atom stereocenters. The van der Waals surface area contributed by atoms with Gasteiger partial charge in [0.25, 0.3) is 0 Å². The topological polar surface area (TPSA) is 15.3 Å². The van der Waals surface area contributed by atoms with Crippen molar-refractivity contribution in [2.45, 2.75) is 65.6 Å². The molecule has 1 heterocycles. The Morgan fingerprint density at radius 1 is 1.32 bits per heavy atom. The van der Waals surface area contributed by atoms with Crippen molar-refractivity contribution in [1.29, 1.82) is 0 Å². The Labute approximate surface area is 118 Å². The number of anilines is 1. The predicted molar refractivity (Wildman–Crippen MR) is 83.8 cm³/mol.